The van der Waals surface area contributed by atoms with E-state index < -0.39 is 0 Å². The van der Waals surface area contributed by atoms with Crippen molar-refractivity contribution in [3.05, 3.63) is 12.7 Å². The SMILES string of the molecule is C=CCOC(=O)CC.CCOCC. The van der Waals surface area contributed by atoms with Crippen LogP contribution in [0.5, 0.6) is 0 Å². The minimum Gasteiger partial charge on any atom is -0.461 e. The van der Waals surface area contributed by atoms with Crippen molar-refractivity contribution in [2.45, 2.75) is 27.2 Å². The number of ether oxygens (including phenoxy) is 2. The maximum Gasteiger partial charge on any atom is 0.305 e. The van der Waals surface area contributed by atoms with Gasteiger partial charge in [-0.15, -0.1) is 0 Å². The normalized spacial score (nSPS) is 8.23. The third-order valence-corrected chi connectivity index (χ3v) is 1.06. The Morgan fingerprint density at radius 3 is 2.08 bits per heavy atom. The van der Waals surface area contributed by atoms with Gasteiger partial charge in [0.2, 0.25) is 0 Å². The van der Waals surface area contributed by atoms with E-state index in [4.69, 9.17) is 4.74 Å². The molecule has 0 aromatic rings. The van der Waals surface area contributed by atoms with Crippen molar-refractivity contribution in [1.82, 2.24) is 0 Å². The summed E-state index contributed by atoms with van der Waals surface area (Å²) in [5.41, 5.74) is 0. The summed E-state index contributed by atoms with van der Waals surface area (Å²) in [5, 5.41) is 0. The first kappa shape index (κ1) is 14.7. The Morgan fingerprint density at radius 1 is 1.31 bits per heavy atom. The van der Waals surface area contributed by atoms with Gasteiger partial charge in [-0.2, -0.15) is 0 Å². The number of esters is 1. The summed E-state index contributed by atoms with van der Waals surface area (Å²) < 4.78 is 9.42. The van der Waals surface area contributed by atoms with E-state index in [2.05, 4.69) is 11.3 Å². The van der Waals surface area contributed by atoms with Gasteiger partial charge in [0.05, 0.1) is 0 Å². The van der Waals surface area contributed by atoms with Crippen molar-refractivity contribution >= 4 is 5.97 Å². The second-order valence-electron chi connectivity index (χ2n) is 2.11. The first-order valence-corrected chi connectivity index (χ1v) is 4.57. The molecule has 0 aliphatic carbocycles. The maximum absolute atomic E-state index is 10.3. The largest absolute Gasteiger partial charge is 0.461 e. The van der Waals surface area contributed by atoms with Gasteiger partial charge in [-0.1, -0.05) is 19.6 Å². The molecule has 0 rings (SSSR count). The molecule has 0 unspecified atom stereocenters. The number of rotatable bonds is 5. The molecule has 0 atom stereocenters. The van der Waals surface area contributed by atoms with E-state index in [-0.39, 0.29) is 5.97 Å². The van der Waals surface area contributed by atoms with Crippen molar-refractivity contribution < 1.29 is 14.3 Å². The average molecular weight is 188 g/mol. The fraction of sp³-hybridized carbons (Fsp3) is 0.700. The summed E-state index contributed by atoms with van der Waals surface area (Å²) in [7, 11) is 0. The van der Waals surface area contributed by atoms with Gasteiger partial charge in [-0.05, 0) is 13.8 Å². The van der Waals surface area contributed by atoms with E-state index in [1.54, 1.807) is 13.0 Å². The lowest BCUT2D eigenvalue weighted by Crippen LogP contribution is -2.00. The smallest absolute Gasteiger partial charge is 0.305 e. The standard InChI is InChI=1S/C6H10O2.C4H10O/c1-3-5-8-6(7)4-2;1-3-5-4-2/h3H,1,4-5H2,2H3;3-4H2,1-2H3. The van der Waals surface area contributed by atoms with Gasteiger partial charge in [-0.25, -0.2) is 0 Å². The van der Waals surface area contributed by atoms with Gasteiger partial charge in [0.25, 0.3) is 0 Å². The Morgan fingerprint density at radius 2 is 1.85 bits per heavy atom. The van der Waals surface area contributed by atoms with Crippen LogP contribution in [-0.2, 0) is 14.3 Å². The molecule has 78 valence electrons. The topological polar surface area (TPSA) is 35.5 Å². The van der Waals surface area contributed by atoms with Gasteiger partial charge < -0.3 is 9.47 Å². The van der Waals surface area contributed by atoms with E-state index in [1.807, 2.05) is 13.8 Å². The van der Waals surface area contributed by atoms with Crippen molar-refractivity contribution in [3.63, 3.8) is 0 Å². The summed E-state index contributed by atoms with van der Waals surface area (Å²) >= 11 is 0. The molecule has 0 bridgehead atoms. The molecule has 0 aliphatic heterocycles. The number of carbonyl (C=O) groups excluding carboxylic acids is 1. The van der Waals surface area contributed by atoms with E-state index in [0.29, 0.717) is 13.0 Å². The minimum atomic E-state index is -0.176. The van der Waals surface area contributed by atoms with Crippen molar-refractivity contribution in [2.24, 2.45) is 0 Å². The van der Waals surface area contributed by atoms with Crippen LogP contribution in [0.2, 0.25) is 0 Å². The highest BCUT2D eigenvalue weighted by Gasteiger charge is 1.92. The lowest BCUT2D eigenvalue weighted by molar-refractivity contribution is -0.141. The maximum atomic E-state index is 10.3. The predicted molar refractivity (Wildman–Crippen MR) is 53.6 cm³/mol. The van der Waals surface area contributed by atoms with Crippen molar-refractivity contribution in [3.8, 4) is 0 Å². The lowest BCUT2D eigenvalue weighted by atomic mass is 10.5. The van der Waals surface area contributed by atoms with Gasteiger partial charge in [0.15, 0.2) is 0 Å². The second-order valence-corrected chi connectivity index (χ2v) is 2.11. The lowest BCUT2D eigenvalue weighted by Gasteiger charge is -1.94. The second kappa shape index (κ2) is 13.7. The predicted octanol–water partition coefficient (Wildman–Crippen LogP) is 2.17. The van der Waals surface area contributed by atoms with Crippen LogP contribution in [0.15, 0.2) is 12.7 Å². The first-order valence-electron chi connectivity index (χ1n) is 4.57. The van der Waals surface area contributed by atoms with E-state index >= 15 is 0 Å². The van der Waals surface area contributed by atoms with Crippen LogP contribution >= 0.6 is 0 Å². The molecule has 0 spiro atoms. The zero-order chi connectivity index (χ0) is 10.5. The summed E-state index contributed by atoms with van der Waals surface area (Å²) in [6, 6.07) is 0. The van der Waals surface area contributed by atoms with Crippen LogP contribution < -0.4 is 0 Å². The molecule has 0 saturated carbocycles. The first-order chi connectivity index (χ1) is 6.22. The molecule has 0 fully saturated rings. The highest BCUT2D eigenvalue weighted by Crippen LogP contribution is 1.82. The number of carbonyl (C=O) groups is 1. The quantitative estimate of drug-likeness (QED) is 0.490. The Labute approximate surface area is 80.7 Å². The molecule has 3 heteroatoms. The molecular weight excluding hydrogens is 168 g/mol. The van der Waals surface area contributed by atoms with Gasteiger partial charge in [-0.3, -0.25) is 4.79 Å². The molecule has 0 aromatic carbocycles. The molecule has 0 aliphatic rings. The Kier molecular flexibility index (Phi) is 15.5. The Hall–Kier alpha value is -0.830. The third kappa shape index (κ3) is 18.3. The number of hydrogen-bond acceptors (Lipinski definition) is 3. The molecule has 0 radical (unpaired) electrons. The summed E-state index contributed by atoms with van der Waals surface area (Å²) in [5.74, 6) is -0.176. The third-order valence-electron chi connectivity index (χ3n) is 1.06. The molecule has 13 heavy (non-hydrogen) atoms. The fourth-order valence-corrected chi connectivity index (χ4v) is 0.458. The molecule has 0 saturated heterocycles. The van der Waals surface area contributed by atoms with E-state index in [0.717, 1.165) is 13.2 Å². The highest BCUT2D eigenvalue weighted by molar-refractivity contribution is 5.68. The minimum absolute atomic E-state index is 0.176. The van der Waals surface area contributed by atoms with Gasteiger partial charge >= 0.3 is 5.97 Å². The van der Waals surface area contributed by atoms with E-state index in [1.165, 1.54) is 0 Å². The zero-order valence-corrected chi connectivity index (χ0v) is 8.84. The average Bonchev–Trinajstić information content (AvgIpc) is 2.16. The monoisotopic (exact) mass is 188 g/mol. The summed E-state index contributed by atoms with van der Waals surface area (Å²) in [6.45, 7) is 11.1. The molecule has 0 heterocycles. The molecule has 0 aromatic heterocycles. The Balaban J connectivity index is 0. The van der Waals surface area contributed by atoms with Gasteiger partial charge in [0, 0.05) is 19.6 Å². The summed E-state index contributed by atoms with van der Waals surface area (Å²) in [4.78, 5) is 10.3. The highest BCUT2D eigenvalue weighted by atomic mass is 16.5. The van der Waals surface area contributed by atoms with Crippen LogP contribution in [0, 0.1) is 0 Å². The van der Waals surface area contributed by atoms with Crippen molar-refractivity contribution in [2.75, 3.05) is 19.8 Å². The van der Waals surface area contributed by atoms with Crippen LogP contribution in [0.25, 0.3) is 0 Å². The van der Waals surface area contributed by atoms with Crippen molar-refractivity contribution in [1.29, 1.82) is 0 Å². The zero-order valence-electron chi connectivity index (χ0n) is 8.84. The fourth-order valence-electron chi connectivity index (χ4n) is 0.458. The van der Waals surface area contributed by atoms with Crippen LogP contribution in [-0.4, -0.2) is 25.8 Å². The van der Waals surface area contributed by atoms with E-state index in [9.17, 15) is 4.79 Å². The molecular formula is C10H20O3. The molecule has 0 N–H and O–H groups in total. The number of hydrogen-bond donors (Lipinski definition) is 0. The van der Waals surface area contributed by atoms with Crippen LogP contribution in [0.3, 0.4) is 0 Å². The molecule has 0 amide bonds. The summed E-state index contributed by atoms with van der Waals surface area (Å²) in [6.07, 6.45) is 1.99. The van der Waals surface area contributed by atoms with Crippen LogP contribution in [0.1, 0.15) is 27.2 Å². The van der Waals surface area contributed by atoms with Gasteiger partial charge in [0.1, 0.15) is 6.61 Å². The Bertz CT molecular complexity index is 119. The molecule has 3 nitrogen and oxygen atoms in total. The van der Waals surface area contributed by atoms with Crippen LogP contribution in [0.4, 0.5) is 0 Å².